The summed E-state index contributed by atoms with van der Waals surface area (Å²) in [5, 5.41) is 11.6. The van der Waals surface area contributed by atoms with Crippen LogP contribution < -0.4 is 21.3 Å². The fraction of sp³-hybridized carbons (Fsp3) is 0.0800. The maximum Gasteiger partial charge on any atom is 0.416 e. The van der Waals surface area contributed by atoms with Crippen molar-refractivity contribution in [3.05, 3.63) is 95.8 Å². The van der Waals surface area contributed by atoms with Gasteiger partial charge in [0.15, 0.2) is 0 Å². The topological polar surface area (TPSA) is 91.0 Å². The molecule has 4 N–H and O–H groups in total. The van der Waals surface area contributed by atoms with Gasteiger partial charge in [-0.05, 0) is 54.1 Å². The van der Waals surface area contributed by atoms with Crippen LogP contribution in [-0.2, 0) is 12.6 Å². The van der Waals surface area contributed by atoms with Gasteiger partial charge in [0.25, 0.3) is 0 Å². The van der Waals surface area contributed by atoms with Crippen molar-refractivity contribution in [2.75, 3.05) is 21.3 Å². The lowest BCUT2D eigenvalue weighted by molar-refractivity contribution is -0.137. The smallest absolute Gasteiger partial charge is 0.340 e. The summed E-state index contributed by atoms with van der Waals surface area (Å²) in [7, 11) is 0. The number of nitrogens with zero attached hydrogens (tertiary/aromatic N) is 2. The number of para-hydroxylation sites is 1. The van der Waals surface area contributed by atoms with E-state index in [1.54, 1.807) is 24.3 Å². The lowest BCUT2D eigenvalue weighted by Crippen LogP contribution is -2.19. The van der Waals surface area contributed by atoms with Crippen molar-refractivity contribution in [2.45, 2.75) is 12.6 Å². The molecular weight excluding hydrogens is 457 g/mol. The van der Waals surface area contributed by atoms with Crippen LogP contribution in [0, 0.1) is 0 Å². The first-order chi connectivity index (χ1) is 16.8. The Kier molecular flexibility index (Phi) is 5.69. The second-order valence-electron chi connectivity index (χ2n) is 7.87. The van der Waals surface area contributed by atoms with E-state index in [1.807, 2.05) is 24.3 Å². The second-order valence-corrected chi connectivity index (χ2v) is 7.87. The molecule has 0 unspecified atom stereocenters. The van der Waals surface area contributed by atoms with E-state index in [1.165, 1.54) is 18.5 Å². The number of hydrogen-bond acceptors (Lipinski definition) is 5. The Bertz CT molecular complexity index is 1390. The lowest BCUT2D eigenvalue weighted by atomic mass is 10.00. The van der Waals surface area contributed by atoms with Gasteiger partial charge in [0.2, 0.25) is 0 Å². The first kappa shape index (κ1) is 22.2. The number of nitrogens with one attached hydrogen (secondary N) is 4. The Morgan fingerprint density at radius 2 is 1.60 bits per heavy atom. The molecule has 176 valence electrons. The average molecular weight is 476 g/mol. The van der Waals surface area contributed by atoms with E-state index < -0.39 is 17.8 Å². The van der Waals surface area contributed by atoms with Crippen LogP contribution in [0.15, 0.2) is 79.1 Å². The zero-order valence-corrected chi connectivity index (χ0v) is 18.1. The quantitative estimate of drug-likeness (QED) is 0.237. The van der Waals surface area contributed by atoms with Crippen LogP contribution >= 0.6 is 0 Å². The normalized spacial score (nSPS) is 12.1. The van der Waals surface area contributed by atoms with Crippen molar-refractivity contribution in [3.8, 4) is 0 Å². The molecule has 2 amide bonds. The highest BCUT2D eigenvalue weighted by atomic mass is 19.4. The molecule has 4 aromatic rings. The zero-order valence-electron chi connectivity index (χ0n) is 18.1. The molecule has 10 heteroatoms. The Morgan fingerprint density at radius 1 is 0.857 bits per heavy atom. The molecule has 1 aliphatic heterocycles. The van der Waals surface area contributed by atoms with Crippen molar-refractivity contribution >= 4 is 40.4 Å². The Balaban J connectivity index is 1.24. The lowest BCUT2D eigenvalue weighted by Gasteiger charge is -2.22. The van der Waals surface area contributed by atoms with Gasteiger partial charge in [0, 0.05) is 34.7 Å². The van der Waals surface area contributed by atoms with Crippen molar-refractivity contribution < 1.29 is 18.0 Å². The fourth-order valence-corrected chi connectivity index (χ4v) is 3.75. The van der Waals surface area contributed by atoms with Gasteiger partial charge in [0.1, 0.15) is 18.0 Å². The van der Waals surface area contributed by atoms with Gasteiger partial charge in [-0.1, -0.05) is 24.3 Å². The number of halogens is 3. The molecule has 5 rings (SSSR count). The molecule has 1 aliphatic rings. The summed E-state index contributed by atoms with van der Waals surface area (Å²) in [6, 6.07) is 18.7. The third kappa shape index (κ3) is 5.01. The number of alkyl halides is 3. The summed E-state index contributed by atoms with van der Waals surface area (Å²) >= 11 is 0. The monoisotopic (exact) mass is 476 g/mol. The third-order valence-corrected chi connectivity index (χ3v) is 5.44. The molecule has 0 bridgehead atoms. The number of hydrogen-bond donors (Lipinski definition) is 4. The Labute approximate surface area is 198 Å². The van der Waals surface area contributed by atoms with Gasteiger partial charge in [-0.15, -0.1) is 0 Å². The predicted molar refractivity (Wildman–Crippen MR) is 128 cm³/mol. The minimum atomic E-state index is -4.49. The van der Waals surface area contributed by atoms with Gasteiger partial charge < -0.3 is 21.3 Å². The molecule has 0 aliphatic carbocycles. The van der Waals surface area contributed by atoms with E-state index in [2.05, 4.69) is 31.2 Å². The second kappa shape index (κ2) is 8.98. The summed E-state index contributed by atoms with van der Waals surface area (Å²) in [5.41, 5.74) is 3.52. The minimum Gasteiger partial charge on any atom is -0.340 e. The number of fused-ring (bicyclic) bond motifs is 2. The highest BCUT2D eigenvalue weighted by Gasteiger charge is 2.30. The third-order valence-electron chi connectivity index (χ3n) is 5.44. The number of amides is 2. The molecule has 1 aromatic heterocycles. The maximum atomic E-state index is 12.9. The molecule has 0 radical (unpaired) electrons. The molecule has 0 saturated carbocycles. The Hall–Kier alpha value is -4.60. The van der Waals surface area contributed by atoms with Crippen molar-refractivity contribution in [1.82, 2.24) is 9.97 Å². The molecule has 3 aromatic carbocycles. The number of anilines is 6. The van der Waals surface area contributed by atoms with Crippen LogP contribution in [0.4, 0.5) is 52.4 Å². The Morgan fingerprint density at radius 3 is 2.40 bits per heavy atom. The largest absolute Gasteiger partial charge is 0.416 e. The van der Waals surface area contributed by atoms with Gasteiger partial charge in [-0.25, -0.2) is 14.8 Å². The maximum absolute atomic E-state index is 12.9. The van der Waals surface area contributed by atoms with E-state index in [-0.39, 0.29) is 5.69 Å². The number of urea groups is 1. The molecule has 0 spiro atoms. The first-order valence-corrected chi connectivity index (χ1v) is 10.7. The van der Waals surface area contributed by atoms with Crippen LogP contribution in [0.1, 0.15) is 16.7 Å². The highest BCUT2D eigenvalue weighted by molar-refractivity contribution is 5.99. The van der Waals surface area contributed by atoms with E-state index in [0.717, 1.165) is 40.5 Å². The summed E-state index contributed by atoms with van der Waals surface area (Å²) in [6.45, 7) is 0. The van der Waals surface area contributed by atoms with Gasteiger partial charge in [0.05, 0.1) is 5.56 Å². The predicted octanol–water partition coefficient (Wildman–Crippen LogP) is 6.53. The van der Waals surface area contributed by atoms with Crippen LogP contribution in [0.5, 0.6) is 0 Å². The van der Waals surface area contributed by atoms with E-state index in [4.69, 9.17) is 0 Å². The minimum absolute atomic E-state index is 0.0410. The van der Waals surface area contributed by atoms with E-state index in [9.17, 15) is 18.0 Å². The van der Waals surface area contributed by atoms with Gasteiger partial charge in [-0.2, -0.15) is 13.2 Å². The zero-order chi connectivity index (χ0) is 24.4. The molecular formula is C25H19F3N6O. The number of benzene rings is 3. The van der Waals surface area contributed by atoms with Crippen LogP contribution in [0.25, 0.3) is 0 Å². The van der Waals surface area contributed by atoms with Crippen LogP contribution in [0.3, 0.4) is 0 Å². The molecule has 7 nitrogen and oxygen atoms in total. The number of carbonyl (C=O) groups is 1. The molecule has 0 atom stereocenters. The van der Waals surface area contributed by atoms with Gasteiger partial charge >= 0.3 is 12.2 Å². The highest BCUT2D eigenvalue weighted by Crippen LogP contribution is 2.35. The number of aromatic nitrogens is 2. The fourth-order valence-electron chi connectivity index (χ4n) is 3.75. The summed E-state index contributed by atoms with van der Waals surface area (Å²) in [4.78, 5) is 21.0. The molecule has 0 fully saturated rings. The number of rotatable bonds is 4. The molecule has 0 saturated heterocycles. The van der Waals surface area contributed by atoms with Gasteiger partial charge in [-0.3, -0.25) is 0 Å². The van der Waals surface area contributed by atoms with Crippen molar-refractivity contribution in [2.24, 2.45) is 0 Å². The summed E-state index contributed by atoms with van der Waals surface area (Å²) in [5.74, 6) is 1.41. The first-order valence-electron chi connectivity index (χ1n) is 10.7. The van der Waals surface area contributed by atoms with Crippen LogP contribution in [-0.4, -0.2) is 16.0 Å². The van der Waals surface area contributed by atoms with Crippen molar-refractivity contribution in [3.63, 3.8) is 0 Å². The average Bonchev–Trinajstić information content (AvgIpc) is 2.84. The van der Waals surface area contributed by atoms with Crippen molar-refractivity contribution in [1.29, 1.82) is 0 Å². The summed E-state index contributed by atoms with van der Waals surface area (Å²) < 4.78 is 38.6. The van der Waals surface area contributed by atoms with E-state index in [0.29, 0.717) is 17.9 Å². The van der Waals surface area contributed by atoms with Crippen LogP contribution in [0.2, 0.25) is 0 Å². The summed E-state index contributed by atoms with van der Waals surface area (Å²) in [6.07, 6.45) is -2.33. The molecule has 2 heterocycles. The standard InChI is InChI=1S/C25H19F3N6O/c26-25(27,28)16-5-3-6-19(13-16)33-24(35)32-18-10-8-17(9-11-18)31-22-20-12-15-4-1-2-7-21(15)34-23(20)30-14-29-22/h1-11,13-14H,12H2,(H2,32,33,35)(H2,29,30,31,34). The van der Waals surface area contributed by atoms with E-state index >= 15 is 0 Å². The number of carbonyl (C=O) groups excluding carboxylic acids is 1. The SMILES string of the molecule is O=C(Nc1ccc(Nc2ncnc3c2Cc2ccccc2N3)cc1)Nc1cccc(C(F)(F)F)c1. The molecule has 35 heavy (non-hydrogen) atoms.